The van der Waals surface area contributed by atoms with E-state index in [2.05, 4.69) is 4.52 Å². The molecule has 0 spiro atoms. The van der Waals surface area contributed by atoms with Crippen LogP contribution >= 0.6 is 8.60 Å². The number of hydrogen-bond acceptors (Lipinski definition) is 4. The topological polar surface area (TPSA) is 69.9 Å². The summed E-state index contributed by atoms with van der Waals surface area (Å²) in [6.45, 7) is 3.30. The minimum Gasteiger partial charge on any atom is -0.393 e. The Kier molecular flexibility index (Phi) is 5.13. The van der Waals surface area contributed by atoms with Crippen LogP contribution in [0.4, 0.5) is 0 Å². The molecule has 62 valence electrons. The van der Waals surface area contributed by atoms with Crippen LogP contribution in [0.2, 0.25) is 0 Å². The molecule has 0 saturated carbocycles. The number of aliphatic hydroxyl groups excluding tert-OH is 1. The van der Waals surface area contributed by atoms with Crippen LogP contribution in [-0.2, 0) is 4.52 Å². The summed E-state index contributed by atoms with van der Waals surface area (Å²) < 4.78 is 4.58. The van der Waals surface area contributed by atoms with Gasteiger partial charge in [0.05, 0.1) is 12.2 Å². The van der Waals surface area contributed by atoms with E-state index in [-0.39, 0.29) is 6.10 Å². The van der Waals surface area contributed by atoms with Crippen LogP contribution in [0.5, 0.6) is 0 Å². The Balaban J connectivity index is 3.34. The van der Waals surface area contributed by atoms with Gasteiger partial charge >= 0.3 is 8.60 Å². The molecule has 0 bridgehead atoms. The molecule has 3 N–H and O–H groups in total. The lowest BCUT2D eigenvalue weighted by Crippen LogP contribution is -2.13. The molecule has 0 saturated heterocycles. The van der Waals surface area contributed by atoms with E-state index in [1.807, 2.05) is 0 Å². The number of rotatable bonds is 4. The Morgan fingerprint density at radius 2 is 1.90 bits per heavy atom. The fourth-order valence-corrected chi connectivity index (χ4v) is 1.09. The van der Waals surface area contributed by atoms with Gasteiger partial charge in [-0.05, 0) is 20.3 Å². The summed E-state index contributed by atoms with van der Waals surface area (Å²) >= 11 is 0. The van der Waals surface area contributed by atoms with Crippen molar-refractivity contribution < 1.29 is 19.4 Å². The Labute approximate surface area is 61.5 Å². The van der Waals surface area contributed by atoms with Gasteiger partial charge in [0.1, 0.15) is 0 Å². The van der Waals surface area contributed by atoms with Crippen molar-refractivity contribution in [2.24, 2.45) is 0 Å². The Morgan fingerprint density at radius 1 is 1.40 bits per heavy atom. The van der Waals surface area contributed by atoms with Gasteiger partial charge in [-0.1, -0.05) is 0 Å². The van der Waals surface area contributed by atoms with Crippen molar-refractivity contribution in [1.29, 1.82) is 0 Å². The van der Waals surface area contributed by atoms with E-state index in [1.165, 1.54) is 0 Å². The van der Waals surface area contributed by atoms with Gasteiger partial charge in [0.25, 0.3) is 0 Å². The molecule has 0 heterocycles. The third kappa shape index (κ3) is 6.39. The van der Waals surface area contributed by atoms with Gasteiger partial charge in [0.15, 0.2) is 0 Å². The first kappa shape index (κ1) is 10.3. The predicted molar refractivity (Wildman–Crippen MR) is 38.2 cm³/mol. The molecule has 10 heavy (non-hydrogen) atoms. The van der Waals surface area contributed by atoms with E-state index in [0.29, 0.717) is 6.42 Å². The highest BCUT2D eigenvalue weighted by molar-refractivity contribution is 7.39. The molecule has 0 aromatic heterocycles. The van der Waals surface area contributed by atoms with Crippen molar-refractivity contribution >= 4 is 8.60 Å². The predicted octanol–water partition coefficient (Wildman–Crippen LogP) is 0.374. The van der Waals surface area contributed by atoms with E-state index in [4.69, 9.17) is 14.9 Å². The average molecular weight is 168 g/mol. The van der Waals surface area contributed by atoms with Crippen LogP contribution in [0.25, 0.3) is 0 Å². The highest BCUT2D eigenvalue weighted by Gasteiger charge is 2.10. The molecule has 0 radical (unpaired) electrons. The molecule has 0 aliphatic heterocycles. The van der Waals surface area contributed by atoms with Crippen LogP contribution in [0.1, 0.15) is 20.3 Å². The van der Waals surface area contributed by atoms with Crippen molar-refractivity contribution in [3.63, 3.8) is 0 Å². The summed E-state index contributed by atoms with van der Waals surface area (Å²) in [6, 6.07) is 0. The smallest absolute Gasteiger partial charge is 0.327 e. The van der Waals surface area contributed by atoms with Crippen LogP contribution in [0.15, 0.2) is 0 Å². The van der Waals surface area contributed by atoms with Crippen LogP contribution < -0.4 is 0 Å². The van der Waals surface area contributed by atoms with Crippen LogP contribution in [-0.4, -0.2) is 27.1 Å². The van der Waals surface area contributed by atoms with Gasteiger partial charge in [0, 0.05) is 0 Å². The first-order valence-corrected chi connectivity index (χ1v) is 4.21. The molecule has 0 rings (SSSR count). The molecule has 0 aromatic rings. The lowest BCUT2D eigenvalue weighted by Gasteiger charge is -2.13. The van der Waals surface area contributed by atoms with Crippen molar-refractivity contribution in [1.82, 2.24) is 0 Å². The van der Waals surface area contributed by atoms with Crippen LogP contribution in [0, 0.1) is 0 Å². The zero-order valence-corrected chi connectivity index (χ0v) is 6.95. The molecule has 0 aliphatic carbocycles. The summed E-state index contributed by atoms with van der Waals surface area (Å²) in [5.41, 5.74) is 0. The van der Waals surface area contributed by atoms with Crippen LogP contribution in [0.3, 0.4) is 0 Å². The van der Waals surface area contributed by atoms with E-state index in [1.54, 1.807) is 13.8 Å². The summed E-state index contributed by atoms with van der Waals surface area (Å²) in [6.07, 6.45) is -0.356. The van der Waals surface area contributed by atoms with E-state index in [0.717, 1.165) is 0 Å². The van der Waals surface area contributed by atoms with Gasteiger partial charge in [0.2, 0.25) is 0 Å². The summed E-state index contributed by atoms with van der Waals surface area (Å²) in [5, 5.41) is 8.80. The Morgan fingerprint density at radius 3 is 2.20 bits per heavy atom. The zero-order valence-electron chi connectivity index (χ0n) is 6.06. The molecule has 0 fully saturated rings. The highest BCUT2D eigenvalue weighted by Crippen LogP contribution is 2.27. The first-order chi connectivity index (χ1) is 4.52. The summed E-state index contributed by atoms with van der Waals surface area (Å²) in [7, 11) is -2.28. The summed E-state index contributed by atoms with van der Waals surface area (Å²) in [4.78, 5) is 16.7. The molecule has 0 aromatic carbocycles. The van der Waals surface area contributed by atoms with Crippen molar-refractivity contribution in [3.05, 3.63) is 0 Å². The highest BCUT2D eigenvalue weighted by atomic mass is 31.2. The molecule has 5 heteroatoms. The average Bonchev–Trinajstić information content (AvgIpc) is 1.58. The second-order valence-corrected chi connectivity index (χ2v) is 2.97. The SMILES string of the molecule is CC(O)CC(C)OP(O)O. The normalized spacial score (nSPS) is 17.4. The molecule has 2 atom stereocenters. The standard InChI is InChI=1S/C5H13O4P/c1-4(6)3-5(2)9-10(7)8/h4-8H,3H2,1-2H3. The maximum atomic E-state index is 8.80. The monoisotopic (exact) mass is 168 g/mol. The second-order valence-electron chi connectivity index (χ2n) is 2.25. The first-order valence-electron chi connectivity index (χ1n) is 3.05. The zero-order chi connectivity index (χ0) is 8.15. The molecule has 0 aliphatic rings. The molecular formula is C5H13O4P. The third-order valence-electron chi connectivity index (χ3n) is 0.947. The second kappa shape index (κ2) is 4.99. The maximum absolute atomic E-state index is 8.80. The lowest BCUT2D eigenvalue weighted by molar-refractivity contribution is 0.106. The maximum Gasteiger partial charge on any atom is 0.327 e. The minimum absolute atomic E-state index is 0.305. The molecule has 4 nitrogen and oxygen atoms in total. The Bertz CT molecular complexity index is 75.7. The fourth-order valence-electron chi connectivity index (χ4n) is 0.684. The molecular weight excluding hydrogens is 155 g/mol. The third-order valence-corrected chi connectivity index (χ3v) is 1.50. The van der Waals surface area contributed by atoms with Gasteiger partial charge in [-0.3, -0.25) is 0 Å². The molecule has 2 unspecified atom stereocenters. The Hall–Kier alpha value is 0.270. The van der Waals surface area contributed by atoms with Crippen molar-refractivity contribution in [2.75, 3.05) is 0 Å². The van der Waals surface area contributed by atoms with Gasteiger partial charge in [-0.25, -0.2) is 0 Å². The van der Waals surface area contributed by atoms with E-state index >= 15 is 0 Å². The largest absolute Gasteiger partial charge is 0.393 e. The van der Waals surface area contributed by atoms with E-state index in [9.17, 15) is 0 Å². The van der Waals surface area contributed by atoms with Gasteiger partial charge in [-0.2, -0.15) is 0 Å². The molecule has 0 amide bonds. The quantitative estimate of drug-likeness (QED) is 0.530. The van der Waals surface area contributed by atoms with E-state index < -0.39 is 14.7 Å². The summed E-state index contributed by atoms with van der Waals surface area (Å²) in [5.74, 6) is 0. The van der Waals surface area contributed by atoms with Crippen molar-refractivity contribution in [2.45, 2.75) is 32.5 Å². The lowest BCUT2D eigenvalue weighted by atomic mass is 10.2. The minimum atomic E-state index is -2.28. The fraction of sp³-hybridized carbons (Fsp3) is 1.00. The number of aliphatic hydroxyl groups is 1. The van der Waals surface area contributed by atoms with Crippen molar-refractivity contribution in [3.8, 4) is 0 Å². The van der Waals surface area contributed by atoms with Gasteiger partial charge < -0.3 is 19.4 Å². The van der Waals surface area contributed by atoms with Gasteiger partial charge in [-0.15, -0.1) is 0 Å². The number of hydrogen-bond donors (Lipinski definition) is 3.